The summed E-state index contributed by atoms with van der Waals surface area (Å²) in [6.07, 6.45) is 0. The van der Waals surface area contributed by atoms with Gasteiger partial charge in [0, 0.05) is 28.8 Å². The van der Waals surface area contributed by atoms with Crippen LogP contribution in [0.4, 0.5) is 5.69 Å². The Hall–Kier alpha value is -3.12. The molecule has 3 aromatic rings. The van der Waals surface area contributed by atoms with Gasteiger partial charge in [-0.05, 0) is 37.3 Å². The van der Waals surface area contributed by atoms with Gasteiger partial charge in [-0.2, -0.15) is 0 Å². The Labute approximate surface area is 144 Å². The number of hydrogen-bond donors (Lipinski definition) is 2. The predicted molar refractivity (Wildman–Crippen MR) is 94.5 cm³/mol. The van der Waals surface area contributed by atoms with Crippen molar-refractivity contribution in [2.24, 2.45) is 5.73 Å². The van der Waals surface area contributed by atoms with Gasteiger partial charge in [0.2, 0.25) is 5.91 Å². The number of ether oxygens (including phenoxy) is 1. The van der Waals surface area contributed by atoms with Crippen LogP contribution in [-0.2, 0) is 11.3 Å². The van der Waals surface area contributed by atoms with E-state index in [4.69, 9.17) is 14.9 Å². The average molecular weight is 338 g/mol. The van der Waals surface area contributed by atoms with E-state index in [-0.39, 0.29) is 18.3 Å². The van der Waals surface area contributed by atoms with Crippen LogP contribution < -0.4 is 11.1 Å². The molecule has 0 unspecified atom stereocenters. The molecule has 0 saturated carbocycles. The van der Waals surface area contributed by atoms with E-state index in [1.54, 1.807) is 24.3 Å². The monoisotopic (exact) mass is 338 g/mol. The third-order valence-corrected chi connectivity index (χ3v) is 3.78. The van der Waals surface area contributed by atoms with Crippen molar-refractivity contribution in [3.8, 4) is 0 Å². The molecule has 2 aromatic carbocycles. The van der Waals surface area contributed by atoms with Gasteiger partial charge in [-0.3, -0.25) is 9.59 Å². The second-order valence-electron chi connectivity index (χ2n) is 5.44. The van der Waals surface area contributed by atoms with Crippen LogP contribution in [0.15, 0.2) is 52.9 Å². The number of para-hydroxylation sites is 1. The SMILES string of the molecule is CCOCc1c(C(=O)Nc2ccc(C(N)=O)cc2)oc2ccccc12. The number of fused-ring (bicyclic) bond motifs is 1. The maximum atomic E-state index is 12.6. The fraction of sp³-hybridized carbons (Fsp3) is 0.158. The van der Waals surface area contributed by atoms with Gasteiger partial charge in [0.25, 0.3) is 5.91 Å². The summed E-state index contributed by atoms with van der Waals surface area (Å²) in [5.41, 5.74) is 7.47. The Morgan fingerprint density at radius 3 is 2.52 bits per heavy atom. The van der Waals surface area contributed by atoms with Crippen molar-refractivity contribution in [3.05, 3.63) is 65.4 Å². The fourth-order valence-electron chi connectivity index (χ4n) is 2.54. The Morgan fingerprint density at radius 2 is 1.84 bits per heavy atom. The zero-order valence-electron chi connectivity index (χ0n) is 13.7. The molecule has 1 heterocycles. The average Bonchev–Trinajstić information content (AvgIpc) is 2.99. The molecule has 0 aliphatic carbocycles. The number of hydrogen-bond acceptors (Lipinski definition) is 4. The van der Waals surface area contributed by atoms with Gasteiger partial charge in [-0.15, -0.1) is 0 Å². The van der Waals surface area contributed by atoms with Gasteiger partial charge in [0.1, 0.15) is 5.58 Å². The second-order valence-corrected chi connectivity index (χ2v) is 5.44. The molecule has 1 aromatic heterocycles. The molecule has 6 nitrogen and oxygen atoms in total. The van der Waals surface area contributed by atoms with E-state index in [9.17, 15) is 9.59 Å². The van der Waals surface area contributed by atoms with E-state index in [1.165, 1.54) is 0 Å². The van der Waals surface area contributed by atoms with Crippen LogP contribution in [0.5, 0.6) is 0 Å². The maximum absolute atomic E-state index is 12.6. The first-order chi connectivity index (χ1) is 12.1. The van der Waals surface area contributed by atoms with E-state index in [0.29, 0.717) is 29.0 Å². The normalized spacial score (nSPS) is 10.8. The maximum Gasteiger partial charge on any atom is 0.291 e. The Morgan fingerprint density at radius 1 is 1.12 bits per heavy atom. The standard InChI is InChI=1S/C19H18N2O4/c1-2-24-11-15-14-5-3-4-6-16(14)25-17(15)19(23)21-13-9-7-12(8-10-13)18(20)22/h3-10H,2,11H2,1H3,(H2,20,22)(H,21,23). The summed E-state index contributed by atoms with van der Waals surface area (Å²) in [4.78, 5) is 23.7. The third-order valence-electron chi connectivity index (χ3n) is 3.78. The van der Waals surface area contributed by atoms with E-state index in [0.717, 1.165) is 5.39 Å². The molecule has 3 N–H and O–H groups in total. The Bertz CT molecular complexity index is 913. The number of benzene rings is 2. The molecule has 0 aliphatic heterocycles. The summed E-state index contributed by atoms with van der Waals surface area (Å²) >= 11 is 0. The van der Waals surface area contributed by atoms with Crippen molar-refractivity contribution in [1.82, 2.24) is 0 Å². The number of anilines is 1. The molecule has 0 bridgehead atoms. The van der Waals surface area contributed by atoms with Crippen LogP contribution in [0.2, 0.25) is 0 Å². The molecule has 6 heteroatoms. The molecule has 2 amide bonds. The van der Waals surface area contributed by atoms with E-state index in [2.05, 4.69) is 5.32 Å². The molecule has 25 heavy (non-hydrogen) atoms. The van der Waals surface area contributed by atoms with Gasteiger partial charge in [0.05, 0.1) is 6.61 Å². The Kier molecular flexibility index (Phi) is 4.81. The van der Waals surface area contributed by atoms with Crippen molar-refractivity contribution in [2.45, 2.75) is 13.5 Å². The highest BCUT2D eigenvalue weighted by atomic mass is 16.5. The predicted octanol–water partition coefficient (Wildman–Crippen LogP) is 3.32. The molecule has 0 aliphatic rings. The zero-order valence-corrected chi connectivity index (χ0v) is 13.7. The lowest BCUT2D eigenvalue weighted by Crippen LogP contribution is -2.14. The van der Waals surface area contributed by atoms with Crippen LogP contribution in [-0.4, -0.2) is 18.4 Å². The molecular weight excluding hydrogens is 320 g/mol. The highest BCUT2D eigenvalue weighted by Crippen LogP contribution is 2.27. The van der Waals surface area contributed by atoms with Crippen LogP contribution in [0.1, 0.15) is 33.4 Å². The summed E-state index contributed by atoms with van der Waals surface area (Å²) in [7, 11) is 0. The molecule has 0 fully saturated rings. The quantitative estimate of drug-likeness (QED) is 0.721. The van der Waals surface area contributed by atoms with E-state index in [1.807, 2.05) is 31.2 Å². The Balaban J connectivity index is 1.89. The first-order valence-electron chi connectivity index (χ1n) is 7.89. The molecular formula is C19H18N2O4. The minimum atomic E-state index is -0.519. The van der Waals surface area contributed by atoms with Crippen molar-refractivity contribution >= 4 is 28.5 Å². The lowest BCUT2D eigenvalue weighted by atomic mass is 10.1. The minimum absolute atomic E-state index is 0.216. The van der Waals surface area contributed by atoms with Crippen LogP contribution in [0, 0.1) is 0 Å². The number of rotatable bonds is 6. The zero-order chi connectivity index (χ0) is 17.8. The highest BCUT2D eigenvalue weighted by molar-refractivity contribution is 6.06. The van der Waals surface area contributed by atoms with Crippen molar-refractivity contribution in [3.63, 3.8) is 0 Å². The summed E-state index contributed by atoms with van der Waals surface area (Å²) in [6.45, 7) is 2.72. The van der Waals surface area contributed by atoms with Crippen molar-refractivity contribution in [2.75, 3.05) is 11.9 Å². The summed E-state index contributed by atoms with van der Waals surface area (Å²) in [6, 6.07) is 13.8. The summed E-state index contributed by atoms with van der Waals surface area (Å²) < 4.78 is 11.2. The number of amides is 2. The second kappa shape index (κ2) is 7.19. The summed E-state index contributed by atoms with van der Waals surface area (Å²) in [5.74, 6) is -0.680. The molecule has 0 radical (unpaired) electrons. The van der Waals surface area contributed by atoms with Crippen LogP contribution in [0.3, 0.4) is 0 Å². The molecule has 0 atom stereocenters. The smallest absolute Gasteiger partial charge is 0.291 e. The highest BCUT2D eigenvalue weighted by Gasteiger charge is 2.20. The number of carbonyl (C=O) groups is 2. The van der Waals surface area contributed by atoms with E-state index < -0.39 is 5.91 Å². The van der Waals surface area contributed by atoms with E-state index >= 15 is 0 Å². The molecule has 3 rings (SSSR count). The van der Waals surface area contributed by atoms with Crippen molar-refractivity contribution < 1.29 is 18.7 Å². The molecule has 128 valence electrons. The number of nitrogens with one attached hydrogen (secondary N) is 1. The number of nitrogens with two attached hydrogens (primary N) is 1. The number of carbonyl (C=O) groups excluding carboxylic acids is 2. The minimum Gasteiger partial charge on any atom is -0.451 e. The third kappa shape index (κ3) is 3.54. The fourth-order valence-corrected chi connectivity index (χ4v) is 2.54. The first-order valence-corrected chi connectivity index (χ1v) is 7.89. The van der Waals surface area contributed by atoms with Gasteiger partial charge in [-0.1, -0.05) is 18.2 Å². The van der Waals surface area contributed by atoms with Gasteiger partial charge in [0.15, 0.2) is 5.76 Å². The number of furan rings is 1. The van der Waals surface area contributed by atoms with Gasteiger partial charge in [-0.25, -0.2) is 0 Å². The lowest BCUT2D eigenvalue weighted by molar-refractivity contribution is 0.0982. The van der Waals surface area contributed by atoms with Gasteiger partial charge >= 0.3 is 0 Å². The topological polar surface area (TPSA) is 94.6 Å². The molecule has 0 saturated heterocycles. The number of primary amides is 1. The van der Waals surface area contributed by atoms with Crippen LogP contribution in [0.25, 0.3) is 11.0 Å². The van der Waals surface area contributed by atoms with Crippen molar-refractivity contribution in [1.29, 1.82) is 0 Å². The molecule has 0 spiro atoms. The first kappa shape index (κ1) is 16.7. The lowest BCUT2D eigenvalue weighted by Gasteiger charge is -2.06. The van der Waals surface area contributed by atoms with Crippen LogP contribution >= 0.6 is 0 Å². The van der Waals surface area contributed by atoms with Gasteiger partial charge < -0.3 is 20.2 Å². The largest absolute Gasteiger partial charge is 0.451 e. The summed E-state index contributed by atoms with van der Waals surface area (Å²) in [5, 5.41) is 3.61.